The maximum absolute atomic E-state index is 6.24. The highest BCUT2D eigenvalue weighted by Gasteiger charge is 2.14. The zero-order chi connectivity index (χ0) is 15.6. The van der Waals surface area contributed by atoms with Gasteiger partial charge < -0.3 is 10.5 Å². The number of aromatic nitrogens is 2. The summed E-state index contributed by atoms with van der Waals surface area (Å²) in [5, 5.41) is 5.01. The molecule has 0 fully saturated rings. The molecule has 2 N–H and O–H groups in total. The Bertz CT molecular complexity index is 640. The van der Waals surface area contributed by atoms with Crippen LogP contribution >= 0.6 is 27.5 Å². The van der Waals surface area contributed by atoms with Gasteiger partial charge in [-0.2, -0.15) is 5.10 Å². The van der Waals surface area contributed by atoms with Crippen LogP contribution in [0.1, 0.15) is 36.8 Å². The van der Waals surface area contributed by atoms with Gasteiger partial charge >= 0.3 is 0 Å². The molecule has 0 aliphatic carbocycles. The molecule has 1 heterocycles. The number of ether oxygens (including phenoxy) is 1. The molecule has 21 heavy (non-hydrogen) atoms. The molecule has 1 aromatic carbocycles. The molecule has 0 spiro atoms. The highest BCUT2D eigenvalue weighted by molar-refractivity contribution is 9.10. The largest absolute Gasteiger partial charge is 0.486 e. The zero-order valence-corrected chi connectivity index (χ0v) is 14.7. The van der Waals surface area contributed by atoms with Crippen molar-refractivity contribution in [3.63, 3.8) is 0 Å². The number of benzene rings is 1. The van der Waals surface area contributed by atoms with Gasteiger partial charge in [0, 0.05) is 13.1 Å². The normalized spacial score (nSPS) is 12.5. The van der Waals surface area contributed by atoms with Gasteiger partial charge in [-0.3, -0.25) is 4.68 Å². The van der Waals surface area contributed by atoms with Crippen LogP contribution in [-0.4, -0.2) is 9.78 Å². The Kier molecular flexibility index (Phi) is 5.30. The van der Waals surface area contributed by atoms with Gasteiger partial charge in [-0.25, -0.2) is 0 Å². The number of hydrogen-bond acceptors (Lipinski definition) is 3. The number of halogens is 2. The van der Waals surface area contributed by atoms with E-state index in [1.165, 1.54) is 0 Å². The van der Waals surface area contributed by atoms with Gasteiger partial charge in [0.2, 0.25) is 0 Å². The van der Waals surface area contributed by atoms with E-state index in [1.807, 2.05) is 36.9 Å². The van der Waals surface area contributed by atoms with E-state index >= 15 is 0 Å². The lowest BCUT2D eigenvalue weighted by Crippen LogP contribution is -2.06. The lowest BCUT2D eigenvalue weighted by molar-refractivity contribution is 0.294. The second kappa shape index (κ2) is 6.81. The predicted molar refractivity (Wildman–Crippen MR) is 88.7 cm³/mol. The van der Waals surface area contributed by atoms with E-state index in [9.17, 15) is 0 Å². The van der Waals surface area contributed by atoms with E-state index in [4.69, 9.17) is 22.1 Å². The van der Waals surface area contributed by atoms with Crippen LogP contribution in [0.4, 0.5) is 0 Å². The minimum Gasteiger partial charge on any atom is -0.486 e. The van der Waals surface area contributed by atoms with Gasteiger partial charge in [-0.05, 0) is 47.0 Å². The second-order valence-corrected chi connectivity index (χ2v) is 6.15. The Labute approximate surface area is 138 Å². The van der Waals surface area contributed by atoms with E-state index in [2.05, 4.69) is 28.0 Å². The Morgan fingerprint density at radius 2 is 2.19 bits per heavy atom. The lowest BCUT2D eigenvalue weighted by atomic mass is 10.1. The van der Waals surface area contributed by atoms with Crippen molar-refractivity contribution in [1.29, 1.82) is 0 Å². The molecule has 1 aromatic heterocycles. The van der Waals surface area contributed by atoms with Crippen molar-refractivity contribution in [2.24, 2.45) is 12.8 Å². The van der Waals surface area contributed by atoms with Crippen LogP contribution in [0.5, 0.6) is 5.75 Å². The van der Waals surface area contributed by atoms with Gasteiger partial charge in [0.15, 0.2) is 0 Å². The fraction of sp³-hybridized carbons (Fsp3) is 0.400. The first-order chi connectivity index (χ1) is 9.93. The molecule has 1 unspecified atom stereocenters. The molecule has 2 aromatic rings. The molecule has 2 rings (SSSR count). The van der Waals surface area contributed by atoms with Crippen LogP contribution in [0, 0.1) is 0 Å². The molecule has 0 saturated carbocycles. The van der Waals surface area contributed by atoms with E-state index in [1.54, 1.807) is 0 Å². The van der Waals surface area contributed by atoms with Crippen molar-refractivity contribution >= 4 is 27.5 Å². The highest BCUT2D eigenvalue weighted by atomic mass is 79.9. The molecular formula is C15H19BrClN3O. The summed E-state index contributed by atoms with van der Waals surface area (Å²) >= 11 is 9.81. The molecule has 0 aliphatic rings. The monoisotopic (exact) mass is 371 g/mol. The average molecular weight is 373 g/mol. The van der Waals surface area contributed by atoms with Crippen LogP contribution in [0.15, 0.2) is 22.7 Å². The standard InChI is InChI=1S/C15H19BrClN3O/c1-4-12-15(16)13(20(3)19-12)8-21-14-6-5-10(9(2)18)7-11(14)17/h5-7,9H,4,8,18H2,1-3H3. The van der Waals surface area contributed by atoms with Crippen LogP contribution in [0.2, 0.25) is 5.02 Å². The summed E-state index contributed by atoms with van der Waals surface area (Å²) in [4.78, 5) is 0. The van der Waals surface area contributed by atoms with Crippen LogP contribution in [-0.2, 0) is 20.1 Å². The molecule has 4 nitrogen and oxygen atoms in total. The number of aryl methyl sites for hydroxylation is 2. The Balaban J connectivity index is 2.15. The van der Waals surface area contributed by atoms with E-state index in [0.717, 1.165) is 27.8 Å². The summed E-state index contributed by atoms with van der Waals surface area (Å²) in [6, 6.07) is 5.58. The first-order valence-electron chi connectivity index (χ1n) is 6.82. The van der Waals surface area contributed by atoms with Gasteiger partial charge in [0.25, 0.3) is 0 Å². The average Bonchev–Trinajstić information content (AvgIpc) is 2.72. The van der Waals surface area contributed by atoms with Crippen molar-refractivity contribution in [1.82, 2.24) is 9.78 Å². The molecule has 0 radical (unpaired) electrons. The van der Waals surface area contributed by atoms with Crippen molar-refractivity contribution in [3.05, 3.63) is 44.6 Å². The SMILES string of the molecule is CCc1nn(C)c(COc2ccc(C(C)N)cc2Cl)c1Br. The second-order valence-electron chi connectivity index (χ2n) is 4.95. The molecular weight excluding hydrogens is 354 g/mol. The minimum atomic E-state index is -0.0464. The summed E-state index contributed by atoms with van der Waals surface area (Å²) in [7, 11) is 1.91. The first-order valence-corrected chi connectivity index (χ1v) is 7.99. The number of nitrogens with two attached hydrogens (primary N) is 1. The molecule has 1 atom stereocenters. The van der Waals surface area contributed by atoms with Gasteiger partial charge in [0.05, 0.1) is 20.9 Å². The van der Waals surface area contributed by atoms with E-state index in [-0.39, 0.29) is 6.04 Å². The highest BCUT2D eigenvalue weighted by Crippen LogP contribution is 2.29. The summed E-state index contributed by atoms with van der Waals surface area (Å²) in [6.45, 7) is 4.40. The summed E-state index contributed by atoms with van der Waals surface area (Å²) in [5.74, 6) is 0.646. The van der Waals surface area contributed by atoms with E-state index in [0.29, 0.717) is 17.4 Å². The number of rotatable bonds is 5. The summed E-state index contributed by atoms with van der Waals surface area (Å²) in [5.41, 5.74) is 8.83. The Morgan fingerprint density at radius 3 is 2.71 bits per heavy atom. The summed E-state index contributed by atoms with van der Waals surface area (Å²) < 4.78 is 8.64. The van der Waals surface area contributed by atoms with Gasteiger partial charge in [-0.1, -0.05) is 24.6 Å². The first kappa shape index (κ1) is 16.3. The topological polar surface area (TPSA) is 53.1 Å². The number of nitrogens with zero attached hydrogens (tertiary/aromatic N) is 2. The predicted octanol–water partition coefficient (Wildman–Crippen LogP) is 4.00. The van der Waals surface area contributed by atoms with Crippen molar-refractivity contribution in [2.75, 3.05) is 0 Å². The maximum Gasteiger partial charge on any atom is 0.138 e. The zero-order valence-electron chi connectivity index (χ0n) is 12.4. The van der Waals surface area contributed by atoms with Crippen molar-refractivity contribution < 1.29 is 4.74 Å². The van der Waals surface area contributed by atoms with Crippen molar-refractivity contribution in [3.8, 4) is 5.75 Å². The maximum atomic E-state index is 6.24. The smallest absolute Gasteiger partial charge is 0.138 e. The fourth-order valence-electron chi connectivity index (χ4n) is 2.04. The minimum absolute atomic E-state index is 0.0464. The Morgan fingerprint density at radius 1 is 1.48 bits per heavy atom. The lowest BCUT2D eigenvalue weighted by Gasteiger charge is -2.11. The van der Waals surface area contributed by atoms with Gasteiger partial charge in [0.1, 0.15) is 12.4 Å². The third kappa shape index (κ3) is 3.59. The fourth-order valence-corrected chi connectivity index (χ4v) is 3.01. The third-order valence-electron chi connectivity index (χ3n) is 3.35. The molecule has 0 amide bonds. The molecule has 114 valence electrons. The van der Waals surface area contributed by atoms with Gasteiger partial charge in [-0.15, -0.1) is 0 Å². The van der Waals surface area contributed by atoms with Crippen molar-refractivity contribution in [2.45, 2.75) is 32.9 Å². The summed E-state index contributed by atoms with van der Waals surface area (Å²) in [6.07, 6.45) is 0.873. The van der Waals surface area contributed by atoms with Crippen LogP contribution < -0.4 is 10.5 Å². The molecule has 0 aliphatic heterocycles. The molecule has 6 heteroatoms. The van der Waals surface area contributed by atoms with Crippen LogP contribution in [0.3, 0.4) is 0 Å². The molecule has 0 saturated heterocycles. The van der Waals surface area contributed by atoms with Crippen LogP contribution in [0.25, 0.3) is 0 Å². The Hall–Kier alpha value is -1.04. The van der Waals surface area contributed by atoms with E-state index < -0.39 is 0 Å². The number of hydrogen-bond donors (Lipinski definition) is 1. The third-order valence-corrected chi connectivity index (χ3v) is 4.56. The quantitative estimate of drug-likeness (QED) is 0.863. The molecule has 0 bridgehead atoms.